The van der Waals surface area contributed by atoms with Crippen molar-refractivity contribution in [1.82, 2.24) is 15.3 Å². The molecule has 0 aliphatic carbocycles. The fourth-order valence-corrected chi connectivity index (χ4v) is 4.75. The molecule has 4 aromatic rings. The van der Waals surface area contributed by atoms with E-state index >= 15 is 0 Å². The van der Waals surface area contributed by atoms with Gasteiger partial charge in [-0.3, -0.25) is 9.59 Å². The molecule has 1 aliphatic rings. The van der Waals surface area contributed by atoms with Crippen molar-refractivity contribution in [1.29, 1.82) is 0 Å². The minimum absolute atomic E-state index is 0.0747. The Balaban J connectivity index is 1.55. The molecule has 2 amide bonds. The first-order valence-corrected chi connectivity index (χ1v) is 12.9. The number of aromatic hydroxyl groups is 1. The lowest BCUT2D eigenvalue weighted by Crippen LogP contribution is -2.51. The van der Waals surface area contributed by atoms with Gasteiger partial charge in [0.2, 0.25) is 11.5 Å². The minimum Gasteiger partial charge on any atom is -0.506 e. The first-order valence-electron chi connectivity index (χ1n) is 12.9. The van der Waals surface area contributed by atoms with Crippen molar-refractivity contribution >= 4 is 22.7 Å². The third-order valence-electron chi connectivity index (χ3n) is 7.46. The minimum atomic E-state index is -5.49. The van der Waals surface area contributed by atoms with Gasteiger partial charge in [-0.2, -0.15) is 26.3 Å². The molecule has 0 saturated heterocycles. The zero-order valence-corrected chi connectivity index (χ0v) is 22.8. The number of amides is 2. The van der Waals surface area contributed by atoms with Gasteiger partial charge in [0.25, 0.3) is 5.91 Å². The molecule has 0 spiro atoms. The molecule has 0 fully saturated rings. The Morgan fingerprint density at radius 1 is 1.00 bits per heavy atom. The highest BCUT2D eigenvalue weighted by Crippen LogP contribution is 2.47. The number of nitrogens with one attached hydrogen (secondary N) is 1. The number of ether oxygens (including phenoxy) is 1. The van der Waals surface area contributed by atoms with Crippen LogP contribution in [-0.2, 0) is 22.0 Å². The van der Waals surface area contributed by atoms with Crippen LogP contribution in [0, 0.1) is 5.82 Å². The first kappa shape index (κ1) is 31.4. The lowest BCUT2D eigenvalue weighted by molar-refractivity contribution is -0.265. The number of hydrogen-bond donors (Lipinski definition) is 4. The largest absolute Gasteiger partial charge is 0.506 e. The van der Waals surface area contributed by atoms with Gasteiger partial charge in [0.1, 0.15) is 46.2 Å². The molecule has 2 aromatic heterocycles. The van der Waals surface area contributed by atoms with Crippen LogP contribution < -0.4 is 15.8 Å². The summed E-state index contributed by atoms with van der Waals surface area (Å²) >= 11 is 0. The van der Waals surface area contributed by atoms with Crippen LogP contribution >= 0.6 is 0 Å². The molecule has 9 nitrogen and oxygen atoms in total. The van der Waals surface area contributed by atoms with Crippen molar-refractivity contribution in [2.45, 2.75) is 30.3 Å². The number of benzene rings is 2. The van der Waals surface area contributed by atoms with Crippen LogP contribution in [0.4, 0.5) is 30.7 Å². The molecule has 2 aromatic carbocycles. The van der Waals surface area contributed by atoms with Crippen molar-refractivity contribution in [3.05, 3.63) is 82.9 Å². The topological polar surface area (TPSA) is 148 Å². The normalized spacial score (nSPS) is 17.8. The number of pyridine rings is 2. The van der Waals surface area contributed by atoms with E-state index in [1.807, 2.05) is 5.32 Å². The number of alkyl halides is 6. The number of carbonyl (C=O) groups excluding carboxylic acids is 2. The second-order valence-corrected chi connectivity index (χ2v) is 10.5. The van der Waals surface area contributed by atoms with Crippen molar-refractivity contribution in [2.75, 3.05) is 13.2 Å². The van der Waals surface area contributed by atoms with Crippen LogP contribution in [-0.4, -0.2) is 51.3 Å². The van der Waals surface area contributed by atoms with Crippen LogP contribution in [0.25, 0.3) is 22.2 Å². The third-order valence-corrected chi connectivity index (χ3v) is 7.46. The number of phenols is 1. The highest BCUT2D eigenvalue weighted by atomic mass is 19.4. The van der Waals surface area contributed by atoms with E-state index in [1.54, 1.807) is 0 Å². The molecule has 45 heavy (non-hydrogen) atoms. The molecule has 0 bridgehead atoms. The first-order chi connectivity index (χ1) is 20.8. The maximum absolute atomic E-state index is 14.6. The quantitative estimate of drug-likeness (QED) is 0.228. The monoisotopic (exact) mass is 638 g/mol. The van der Waals surface area contributed by atoms with E-state index in [4.69, 9.17) is 10.5 Å². The summed E-state index contributed by atoms with van der Waals surface area (Å²) in [4.78, 5) is 32.6. The standard InChI is InChI=1S/C29H21F7N4O5/c1-26(25(37)43)12-45-23-17(26)10-20(40-22(23)13-2-5-16(30)6-3-13)27(44,29(34,35)36)11-38-24(42)15-8-14-4-7-19(28(31,32)33)39-21(14)18(41)9-15/h2-10,41,44H,11-12H2,1H3,(H2,37,43)(H,38,42)/t26-,27?/m0/s1. The number of halogens is 7. The predicted octanol–water partition coefficient (Wildman–Crippen LogP) is 4.48. The molecule has 0 radical (unpaired) electrons. The summed E-state index contributed by atoms with van der Waals surface area (Å²) in [6.07, 6.45) is -10.3. The number of primary amides is 1. The summed E-state index contributed by atoms with van der Waals surface area (Å²) in [5, 5.41) is 23.1. The second kappa shape index (κ2) is 10.6. The molecule has 1 unspecified atom stereocenters. The Morgan fingerprint density at radius 2 is 1.67 bits per heavy atom. The van der Waals surface area contributed by atoms with Gasteiger partial charge in [-0.05, 0) is 55.5 Å². The van der Waals surface area contributed by atoms with Gasteiger partial charge in [0, 0.05) is 22.1 Å². The highest BCUT2D eigenvalue weighted by molar-refractivity contribution is 6.00. The van der Waals surface area contributed by atoms with Crippen molar-refractivity contribution < 1.29 is 55.3 Å². The van der Waals surface area contributed by atoms with Gasteiger partial charge in [-0.25, -0.2) is 14.4 Å². The summed E-state index contributed by atoms with van der Waals surface area (Å²) in [7, 11) is 0. The predicted molar refractivity (Wildman–Crippen MR) is 142 cm³/mol. The maximum atomic E-state index is 14.6. The zero-order valence-electron chi connectivity index (χ0n) is 22.8. The summed E-state index contributed by atoms with van der Waals surface area (Å²) < 4.78 is 102. The maximum Gasteiger partial charge on any atom is 0.433 e. The summed E-state index contributed by atoms with van der Waals surface area (Å²) in [5.41, 5.74) is -3.70. The van der Waals surface area contributed by atoms with E-state index in [1.165, 1.54) is 19.1 Å². The van der Waals surface area contributed by atoms with Crippen LogP contribution in [0.1, 0.15) is 34.2 Å². The smallest absolute Gasteiger partial charge is 0.433 e. The lowest BCUT2D eigenvalue weighted by Gasteiger charge is -2.31. The van der Waals surface area contributed by atoms with Gasteiger partial charge in [-0.1, -0.05) is 6.07 Å². The Bertz CT molecular complexity index is 1850. The molecule has 2 atom stereocenters. The molecular formula is C29H21F7N4O5. The van der Waals surface area contributed by atoms with Crippen LogP contribution in [0.2, 0.25) is 0 Å². The highest BCUT2D eigenvalue weighted by Gasteiger charge is 2.57. The zero-order chi connectivity index (χ0) is 33.1. The Labute approximate surface area is 248 Å². The lowest BCUT2D eigenvalue weighted by atomic mass is 9.81. The van der Waals surface area contributed by atoms with E-state index in [-0.39, 0.29) is 34.6 Å². The Morgan fingerprint density at radius 3 is 2.27 bits per heavy atom. The summed E-state index contributed by atoms with van der Waals surface area (Å²) in [5.74, 6) is -3.85. The summed E-state index contributed by atoms with van der Waals surface area (Å²) in [6.45, 7) is -0.600. The molecule has 3 heterocycles. The number of phenolic OH excluding ortho intramolecular Hbond substituents is 1. The second-order valence-electron chi connectivity index (χ2n) is 10.5. The van der Waals surface area contributed by atoms with E-state index in [2.05, 4.69) is 9.97 Å². The number of nitrogens with two attached hydrogens (primary N) is 1. The average Bonchev–Trinajstić information content (AvgIpc) is 3.32. The number of fused-ring (bicyclic) bond motifs is 2. The van der Waals surface area contributed by atoms with Crippen LogP contribution in [0.3, 0.4) is 0 Å². The van der Waals surface area contributed by atoms with Crippen LogP contribution in [0.5, 0.6) is 11.5 Å². The number of hydrogen-bond acceptors (Lipinski definition) is 7. The molecule has 0 saturated carbocycles. The molecule has 16 heteroatoms. The number of nitrogens with zero attached hydrogens (tertiary/aromatic N) is 2. The van der Waals surface area contributed by atoms with Crippen LogP contribution in [0.15, 0.2) is 54.6 Å². The van der Waals surface area contributed by atoms with Crippen molar-refractivity contribution in [2.24, 2.45) is 5.73 Å². The van der Waals surface area contributed by atoms with Crippen molar-refractivity contribution in [3.8, 4) is 22.8 Å². The molecule has 5 N–H and O–H groups in total. The average molecular weight is 638 g/mol. The Hall–Kier alpha value is -4.99. The van der Waals surface area contributed by atoms with Gasteiger partial charge < -0.3 is 26.0 Å². The van der Waals surface area contributed by atoms with Gasteiger partial charge in [0.15, 0.2) is 0 Å². The van der Waals surface area contributed by atoms with Crippen molar-refractivity contribution in [3.63, 3.8) is 0 Å². The summed E-state index contributed by atoms with van der Waals surface area (Å²) in [6, 6.07) is 8.37. The molecule has 5 rings (SSSR count). The van der Waals surface area contributed by atoms with Gasteiger partial charge in [-0.15, -0.1) is 0 Å². The third kappa shape index (κ3) is 5.45. The van der Waals surface area contributed by atoms with Gasteiger partial charge >= 0.3 is 12.4 Å². The number of rotatable bonds is 6. The molecular weight excluding hydrogens is 617 g/mol. The van der Waals surface area contributed by atoms with E-state index < -0.39 is 75.8 Å². The Kier molecular flexibility index (Phi) is 7.39. The number of aliphatic hydroxyl groups is 1. The fourth-order valence-electron chi connectivity index (χ4n) is 4.75. The SMILES string of the molecule is C[C@]1(C(N)=O)COc2c1cc(C(O)(CNC(=O)c1cc(O)c3nc(C(F)(F)F)ccc3c1)C(F)(F)F)nc2-c1ccc(F)cc1. The van der Waals surface area contributed by atoms with Gasteiger partial charge in [0.05, 0.1) is 12.2 Å². The number of aromatic nitrogens is 2. The molecule has 236 valence electrons. The molecule has 1 aliphatic heterocycles. The number of carbonyl (C=O) groups is 2. The van der Waals surface area contributed by atoms with E-state index in [0.717, 1.165) is 30.3 Å². The van der Waals surface area contributed by atoms with E-state index in [0.29, 0.717) is 12.1 Å². The van der Waals surface area contributed by atoms with E-state index in [9.17, 15) is 50.5 Å². The fraction of sp³-hybridized carbons (Fsp3) is 0.241.